The van der Waals surface area contributed by atoms with Gasteiger partial charge in [-0.2, -0.15) is 0 Å². The fourth-order valence-electron chi connectivity index (χ4n) is 2.10. The minimum atomic E-state index is -1.02. The lowest BCUT2D eigenvalue weighted by molar-refractivity contribution is -0.143. The second kappa shape index (κ2) is 8.41. The number of amides is 1. The minimum absolute atomic E-state index is 0.128. The summed E-state index contributed by atoms with van der Waals surface area (Å²) in [6.45, 7) is 7.90. The molecule has 0 spiro atoms. The first-order valence-corrected chi connectivity index (χ1v) is 7.56. The van der Waals surface area contributed by atoms with Gasteiger partial charge in [-0.3, -0.25) is 4.79 Å². The Balaban J connectivity index is 2.51. The molecule has 1 rings (SSSR count). The molecule has 1 atom stereocenters. The third-order valence-electron chi connectivity index (χ3n) is 3.38. The molecule has 1 aromatic rings. The summed E-state index contributed by atoms with van der Waals surface area (Å²) in [7, 11) is 0. The number of hydrogen-bond acceptors (Lipinski definition) is 3. The molecule has 0 aliphatic carbocycles. The summed E-state index contributed by atoms with van der Waals surface area (Å²) in [5.41, 5.74) is 1.09. The molecular weight excluding hydrogens is 282 g/mol. The van der Waals surface area contributed by atoms with Crippen molar-refractivity contribution in [1.29, 1.82) is 0 Å². The first kappa shape index (κ1) is 18.0. The van der Waals surface area contributed by atoms with Crippen molar-refractivity contribution >= 4 is 11.9 Å². The van der Waals surface area contributed by atoms with Crippen LogP contribution >= 0.6 is 0 Å². The Morgan fingerprint density at radius 2 is 1.82 bits per heavy atom. The second-order valence-corrected chi connectivity index (χ2v) is 5.92. The molecule has 122 valence electrons. The molecule has 0 saturated heterocycles. The van der Waals surface area contributed by atoms with Crippen molar-refractivity contribution in [2.45, 2.75) is 46.1 Å². The SMILES string of the molecule is CC(C)c1ccccc1OCCC(=O)NC(C(=O)O)C(C)C. The van der Waals surface area contributed by atoms with Gasteiger partial charge in [0.05, 0.1) is 13.0 Å². The number of aliphatic carboxylic acids is 1. The monoisotopic (exact) mass is 307 g/mol. The third-order valence-corrected chi connectivity index (χ3v) is 3.38. The van der Waals surface area contributed by atoms with Gasteiger partial charge in [0.15, 0.2) is 0 Å². The minimum Gasteiger partial charge on any atom is -0.493 e. The van der Waals surface area contributed by atoms with Gasteiger partial charge in [0.1, 0.15) is 11.8 Å². The zero-order chi connectivity index (χ0) is 16.7. The molecule has 0 bridgehead atoms. The highest BCUT2D eigenvalue weighted by molar-refractivity contribution is 5.83. The molecular formula is C17H25NO4. The maximum atomic E-state index is 11.8. The number of carboxylic acid groups (broad SMARTS) is 1. The highest BCUT2D eigenvalue weighted by Crippen LogP contribution is 2.25. The van der Waals surface area contributed by atoms with E-state index in [1.165, 1.54) is 0 Å². The van der Waals surface area contributed by atoms with Gasteiger partial charge in [-0.05, 0) is 23.5 Å². The Bertz CT molecular complexity index is 511. The van der Waals surface area contributed by atoms with E-state index >= 15 is 0 Å². The lowest BCUT2D eigenvalue weighted by Gasteiger charge is -2.18. The molecule has 2 N–H and O–H groups in total. The number of rotatable bonds is 8. The fraction of sp³-hybridized carbons (Fsp3) is 0.529. The molecule has 1 unspecified atom stereocenters. The molecule has 1 amide bonds. The number of hydrogen-bond donors (Lipinski definition) is 2. The normalized spacial score (nSPS) is 12.3. The quantitative estimate of drug-likeness (QED) is 0.774. The van der Waals surface area contributed by atoms with E-state index in [0.29, 0.717) is 5.92 Å². The average molecular weight is 307 g/mol. The maximum absolute atomic E-state index is 11.8. The first-order valence-electron chi connectivity index (χ1n) is 7.56. The molecule has 22 heavy (non-hydrogen) atoms. The number of carbonyl (C=O) groups is 2. The van der Waals surface area contributed by atoms with Crippen LogP contribution in [0, 0.1) is 5.92 Å². The molecule has 0 aliphatic rings. The van der Waals surface area contributed by atoms with Crippen molar-refractivity contribution < 1.29 is 19.4 Å². The predicted molar refractivity (Wildman–Crippen MR) is 85.0 cm³/mol. The van der Waals surface area contributed by atoms with Gasteiger partial charge in [0, 0.05) is 0 Å². The van der Waals surface area contributed by atoms with Gasteiger partial charge in [-0.25, -0.2) is 4.79 Å². The van der Waals surface area contributed by atoms with E-state index in [1.807, 2.05) is 24.3 Å². The van der Waals surface area contributed by atoms with Crippen LogP contribution in [0.3, 0.4) is 0 Å². The van der Waals surface area contributed by atoms with Crippen molar-refractivity contribution in [2.75, 3.05) is 6.61 Å². The van der Waals surface area contributed by atoms with Crippen LogP contribution in [-0.4, -0.2) is 29.6 Å². The van der Waals surface area contributed by atoms with Crippen LogP contribution in [0.15, 0.2) is 24.3 Å². The first-order chi connectivity index (χ1) is 10.3. The molecule has 0 fully saturated rings. The molecule has 0 aromatic heterocycles. The van der Waals surface area contributed by atoms with Crippen LogP contribution in [0.25, 0.3) is 0 Å². The smallest absolute Gasteiger partial charge is 0.326 e. The van der Waals surface area contributed by atoms with Crippen LogP contribution < -0.4 is 10.1 Å². The molecule has 0 aliphatic heterocycles. The van der Waals surface area contributed by atoms with Crippen molar-refractivity contribution in [3.8, 4) is 5.75 Å². The predicted octanol–water partition coefficient (Wildman–Crippen LogP) is 2.80. The van der Waals surface area contributed by atoms with Gasteiger partial charge >= 0.3 is 5.97 Å². The van der Waals surface area contributed by atoms with Crippen LogP contribution in [0.5, 0.6) is 5.75 Å². The topological polar surface area (TPSA) is 75.6 Å². The van der Waals surface area contributed by atoms with E-state index in [9.17, 15) is 9.59 Å². The largest absolute Gasteiger partial charge is 0.493 e. The van der Waals surface area contributed by atoms with Gasteiger partial charge in [-0.15, -0.1) is 0 Å². The second-order valence-electron chi connectivity index (χ2n) is 5.92. The van der Waals surface area contributed by atoms with Crippen molar-refractivity contribution in [1.82, 2.24) is 5.32 Å². The summed E-state index contributed by atoms with van der Waals surface area (Å²) in [4.78, 5) is 22.9. The lowest BCUT2D eigenvalue weighted by atomic mass is 10.0. The maximum Gasteiger partial charge on any atom is 0.326 e. The number of para-hydroxylation sites is 1. The van der Waals surface area contributed by atoms with E-state index in [4.69, 9.17) is 9.84 Å². The lowest BCUT2D eigenvalue weighted by Crippen LogP contribution is -2.44. The van der Waals surface area contributed by atoms with Crippen LogP contribution in [0.4, 0.5) is 0 Å². The van der Waals surface area contributed by atoms with Crippen molar-refractivity contribution in [3.05, 3.63) is 29.8 Å². The Kier molecular flexibility index (Phi) is 6.89. The zero-order valence-electron chi connectivity index (χ0n) is 13.6. The van der Waals surface area contributed by atoms with Gasteiger partial charge in [0.25, 0.3) is 0 Å². The zero-order valence-corrected chi connectivity index (χ0v) is 13.6. The summed E-state index contributed by atoms with van der Waals surface area (Å²) in [5.74, 6) is -0.395. The fourth-order valence-corrected chi connectivity index (χ4v) is 2.10. The van der Waals surface area contributed by atoms with Gasteiger partial charge in [0.2, 0.25) is 5.91 Å². The van der Waals surface area contributed by atoms with E-state index in [-0.39, 0.29) is 24.9 Å². The molecule has 0 heterocycles. The summed E-state index contributed by atoms with van der Waals surface area (Å²) in [6.07, 6.45) is 0.128. The summed E-state index contributed by atoms with van der Waals surface area (Å²) in [6, 6.07) is 6.85. The van der Waals surface area contributed by atoms with E-state index in [0.717, 1.165) is 11.3 Å². The van der Waals surface area contributed by atoms with Crippen LogP contribution in [0.2, 0.25) is 0 Å². The molecule has 1 aromatic carbocycles. The molecule has 5 nitrogen and oxygen atoms in total. The number of benzene rings is 1. The Morgan fingerprint density at radius 3 is 2.36 bits per heavy atom. The third kappa shape index (κ3) is 5.39. The Hall–Kier alpha value is -2.04. The standard InChI is InChI=1S/C17H25NO4/c1-11(2)13-7-5-6-8-14(13)22-10-9-15(19)18-16(12(3)4)17(20)21/h5-8,11-12,16H,9-10H2,1-4H3,(H,18,19)(H,20,21). The van der Waals surface area contributed by atoms with E-state index < -0.39 is 12.0 Å². The average Bonchev–Trinajstić information content (AvgIpc) is 2.44. The van der Waals surface area contributed by atoms with Gasteiger partial charge < -0.3 is 15.2 Å². The number of carbonyl (C=O) groups excluding carboxylic acids is 1. The van der Waals surface area contributed by atoms with Gasteiger partial charge in [-0.1, -0.05) is 45.9 Å². The van der Waals surface area contributed by atoms with Crippen molar-refractivity contribution in [2.24, 2.45) is 5.92 Å². The van der Waals surface area contributed by atoms with E-state index in [1.54, 1.807) is 13.8 Å². The summed E-state index contributed by atoms with van der Waals surface area (Å²) in [5, 5.41) is 11.6. The molecule has 0 saturated carbocycles. The molecule has 0 radical (unpaired) electrons. The van der Waals surface area contributed by atoms with Crippen molar-refractivity contribution in [3.63, 3.8) is 0 Å². The number of nitrogens with one attached hydrogen (secondary N) is 1. The Labute approximate surface area is 131 Å². The highest BCUT2D eigenvalue weighted by atomic mass is 16.5. The van der Waals surface area contributed by atoms with Crippen LogP contribution in [0.1, 0.15) is 45.6 Å². The summed E-state index contributed by atoms with van der Waals surface area (Å²) >= 11 is 0. The highest BCUT2D eigenvalue weighted by Gasteiger charge is 2.23. The number of ether oxygens (including phenoxy) is 1. The van der Waals surface area contributed by atoms with E-state index in [2.05, 4.69) is 19.2 Å². The number of carboxylic acids is 1. The molecule has 5 heteroatoms. The summed E-state index contributed by atoms with van der Waals surface area (Å²) < 4.78 is 5.66. The van der Waals surface area contributed by atoms with Crippen LogP contribution in [-0.2, 0) is 9.59 Å². The Morgan fingerprint density at radius 1 is 1.18 bits per heavy atom.